The van der Waals surface area contributed by atoms with E-state index in [9.17, 15) is 4.79 Å². The van der Waals surface area contributed by atoms with Crippen LogP contribution in [-0.4, -0.2) is 30.2 Å². The topological polar surface area (TPSA) is 35.5 Å². The van der Waals surface area contributed by atoms with Crippen molar-refractivity contribution in [2.45, 2.75) is 69.5 Å². The number of Topliss-reactive ketones (excluding diaryl/α,β-unsaturated/α-hetero) is 1. The molecule has 3 heteroatoms. The second-order valence-electron chi connectivity index (χ2n) is 6.48. The Hall–Kier alpha value is -0.410. The Kier molecular flexibility index (Phi) is 3.23. The molecule has 3 fully saturated rings. The van der Waals surface area contributed by atoms with Gasteiger partial charge in [-0.3, -0.25) is 4.79 Å². The van der Waals surface area contributed by atoms with E-state index in [1.54, 1.807) is 0 Å². The Morgan fingerprint density at radius 1 is 1.06 bits per heavy atom. The first-order valence-electron chi connectivity index (χ1n) is 7.46. The summed E-state index contributed by atoms with van der Waals surface area (Å²) >= 11 is 0. The molecule has 2 unspecified atom stereocenters. The summed E-state index contributed by atoms with van der Waals surface area (Å²) in [6.45, 7) is 3.50. The van der Waals surface area contributed by atoms with Crippen molar-refractivity contribution < 1.29 is 14.3 Å². The van der Waals surface area contributed by atoms with Gasteiger partial charge in [0.2, 0.25) is 0 Å². The van der Waals surface area contributed by atoms with Crippen molar-refractivity contribution in [3.8, 4) is 0 Å². The normalized spacial score (nSPS) is 39.3. The van der Waals surface area contributed by atoms with E-state index in [4.69, 9.17) is 9.47 Å². The van der Waals surface area contributed by atoms with E-state index in [1.165, 1.54) is 6.42 Å². The molecule has 1 aliphatic carbocycles. The van der Waals surface area contributed by atoms with E-state index >= 15 is 0 Å². The van der Waals surface area contributed by atoms with Gasteiger partial charge in [-0.15, -0.1) is 0 Å². The molecule has 0 aromatic rings. The molecule has 18 heavy (non-hydrogen) atoms. The molecule has 1 spiro atoms. The van der Waals surface area contributed by atoms with Gasteiger partial charge in [0.1, 0.15) is 5.60 Å². The molecule has 1 saturated carbocycles. The molecule has 102 valence electrons. The zero-order valence-corrected chi connectivity index (χ0v) is 11.4. The van der Waals surface area contributed by atoms with E-state index < -0.39 is 5.60 Å². The minimum atomic E-state index is -0.509. The Labute approximate surface area is 109 Å². The molecule has 0 radical (unpaired) electrons. The molecule has 0 bridgehead atoms. The second-order valence-corrected chi connectivity index (χ2v) is 6.48. The lowest BCUT2D eigenvalue weighted by molar-refractivity contribution is -0.172. The van der Waals surface area contributed by atoms with Crippen LogP contribution in [0.3, 0.4) is 0 Å². The molecule has 3 rings (SSSR count). The summed E-state index contributed by atoms with van der Waals surface area (Å²) in [6, 6.07) is 0. The summed E-state index contributed by atoms with van der Waals surface area (Å²) in [5, 5.41) is 0. The van der Waals surface area contributed by atoms with Crippen LogP contribution in [0.5, 0.6) is 0 Å². The number of hydrogen-bond acceptors (Lipinski definition) is 3. The van der Waals surface area contributed by atoms with Crippen molar-refractivity contribution in [2.75, 3.05) is 13.2 Å². The maximum absolute atomic E-state index is 12.7. The van der Waals surface area contributed by atoms with Crippen LogP contribution in [0.1, 0.15) is 58.3 Å². The molecule has 2 heterocycles. The SMILES string of the molecule is CC1(C(=O)C2CCOC3(CCC3)C2)CCCCO1. The third kappa shape index (κ3) is 2.12. The van der Waals surface area contributed by atoms with Crippen molar-refractivity contribution in [1.29, 1.82) is 0 Å². The smallest absolute Gasteiger partial charge is 0.167 e. The van der Waals surface area contributed by atoms with E-state index in [2.05, 4.69) is 0 Å². The van der Waals surface area contributed by atoms with Gasteiger partial charge in [0.25, 0.3) is 0 Å². The molecular formula is C15H24O3. The fraction of sp³-hybridized carbons (Fsp3) is 0.933. The summed E-state index contributed by atoms with van der Waals surface area (Å²) in [4.78, 5) is 12.7. The van der Waals surface area contributed by atoms with Gasteiger partial charge >= 0.3 is 0 Å². The molecule has 0 N–H and O–H groups in total. The highest BCUT2D eigenvalue weighted by molar-refractivity contribution is 5.89. The van der Waals surface area contributed by atoms with E-state index in [1.807, 2.05) is 6.92 Å². The molecule has 2 saturated heterocycles. The van der Waals surface area contributed by atoms with Crippen molar-refractivity contribution in [3.05, 3.63) is 0 Å². The minimum Gasteiger partial charge on any atom is -0.375 e. The molecule has 2 aliphatic heterocycles. The Bertz CT molecular complexity index is 327. The number of carbonyl (C=O) groups excluding carboxylic acids is 1. The van der Waals surface area contributed by atoms with E-state index in [0.717, 1.165) is 58.2 Å². The van der Waals surface area contributed by atoms with Gasteiger partial charge in [-0.1, -0.05) is 0 Å². The summed E-state index contributed by atoms with van der Waals surface area (Å²) in [7, 11) is 0. The highest BCUT2D eigenvalue weighted by atomic mass is 16.5. The highest BCUT2D eigenvalue weighted by Gasteiger charge is 2.48. The predicted octanol–water partition coefficient (Wildman–Crippen LogP) is 2.86. The largest absolute Gasteiger partial charge is 0.375 e. The van der Waals surface area contributed by atoms with Gasteiger partial charge in [-0.25, -0.2) is 0 Å². The van der Waals surface area contributed by atoms with Crippen molar-refractivity contribution in [3.63, 3.8) is 0 Å². The molecule has 0 aromatic heterocycles. The van der Waals surface area contributed by atoms with Crippen molar-refractivity contribution >= 4 is 5.78 Å². The maximum Gasteiger partial charge on any atom is 0.167 e. The lowest BCUT2D eigenvalue weighted by Crippen LogP contribution is -2.52. The summed E-state index contributed by atoms with van der Waals surface area (Å²) < 4.78 is 11.7. The Balaban J connectivity index is 1.67. The molecule has 0 amide bonds. The summed E-state index contributed by atoms with van der Waals surface area (Å²) in [5.74, 6) is 0.513. The van der Waals surface area contributed by atoms with Crippen molar-refractivity contribution in [2.24, 2.45) is 5.92 Å². The molecule has 2 atom stereocenters. The quantitative estimate of drug-likeness (QED) is 0.758. The zero-order valence-electron chi connectivity index (χ0n) is 11.4. The number of ketones is 1. The maximum atomic E-state index is 12.7. The van der Waals surface area contributed by atoms with Gasteiger partial charge in [-0.2, -0.15) is 0 Å². The average molecular weight is 252 g/mol. The second kappa shape index (κ2) is 4.61. The Morgan fingerprint density at radius 2 is 1.89 bits per heavy atom. The van der Waals surface area contributed by atoms with Crippen molar-refractivity contribution in [1.82, 2.24) is 0 Å². The van der Waals surface area contributed by atoms with E-state index in [-0.39, 0.29) is 11.5 Å². The van der Waals surface area contributed by atoms with Crippen LogP contribution < -0.4 is 0 Å². The van der Waals surface area contributed by atoms with Gasteiger partial charge < -0.3 is 9.47 Å². The number of rotatable bonds is 2. The molecule has 0 aromatic carbocycles. The molecular weight excluding hydrogens is 228 g/mol. The standard InChI is InChI=1S/C15H24O3/c1-14(6-2-3-9-17-14)13(16)12-5-10-18-15(11-12)7-4-8-15/h12H,2-11H2,1H3. The third-order valence-electron chi connectivity index (χ3n) is 5.12. The highest BCUT2D eigenvalue weighted by Crippen LogP contribution is 2.45. The first-order chi connectivity index (χ1) is 8.64. The monoisotopic (exact) mass is 252 g/mol. The summed E-state index contributed by atoms with van der Waals surface area (Å²) in [5.41, 5.74) is -0.450. The lowest BCUT2D eigenvalue weighted by atomic mass is 9.69. The number of carbonyl (C=O) groups is 1. The third-order valence-corrected chi connectivity index (χ3v) is 5.12. The average Bonchev–Trinajstić information content (AvgIpc) is 2.37. The van der Waals surface area contributed by atoms with Gasteiger partial charge in [-0.05, 0) is 58.3 Å². The lowest BCUT2D eigenvalue weighted by Gasteiger charge is -2.48. The van der Waals surface area contributed by atoms with Crippen LogP contribution in [0, 0.1) is 5.92 Å². The zero-order chi connectivity index (χ0) is 12.6. The number of hydrogen-bond donors (Lipinski definition) is 0. The first kappa shape index (κ1) is 12.6. The predicted molar refractivity (Wildman–Crippen MR) is 68.5 cm³/mol. The van der Waals surface area contributed by atoms with Crippen LogP contribution >= 0.6 is 0 Å². The van der Waals surface area contributed by atoms with E-state index in [0.29, 0.717) is 5.78 Å². The molecule has 3 aliphatic rings. The van der Waals surface area contributed by atoms with Gasteiger partial charge in [0.15, 0.2) is 5.78 Å². The molecule has 3 nitrogen and oxygen atoms in total. The van der Waals surface area contributed by atoms with Gasteiger partial charge in [0.05, 0.1) is 5.60 Å². The Morgan fingerprint density at radius 3 is 2.50 bits per heavy atom. The summed E-state index contributed by atoms with van der Waals surface area (Å²) in [6.07, 6.45) is 8.50. The minimum absolute atomic E-state index is 0.0591. The fourth-order valence-corrected chi connectivity index (χ4v) is 3.73. The van der Waals surface area contributed by atoms with Gasteiger partial charge in [0, 0.05) is 19.1 Å². The van der Waals surface area contributed by atoms with Crippen LogP contribution in [0.25, 0.3) is 0 Å². The van der Waals surface area contributed by atoms with Crippen LogP contribution in [0.4, 0.5) is 0 Å². The van der Waals surface area contributed by atoms with Crippen LogP contribution in [-0.2, 0) is 14.3 Å². The van der Waals surface area contributed by atoms with Crippen LogP contribution in [0.2, 0.25) is 0 Å². The van der Waals surface area contributed by atoms with Crippen LogP contribution in [0.15, 0.2) is 0 Å². The fourth-order valence-electron chi connectivity index (χ4n) is 3.73. The number of ether oxygens (including phenoxy) is 2. The first-order valence-corrected chi connectivity index (χ1v) is 7.46.